The summed E-state index contributed by atoms with van der Waals surface area (Å²) in [7, 11) is 0.895. The van der Waals surface area contributed by atoms with E-state index in [0.29, 0.717) is 10.9 Å². The van der Waals surface area contributed by atoms with Gasteiger partial charge in [-0.3, -0.25) is 4.57 Å². The van der Waals surface area contributed by atoms with Gasteiger partial charge in [-0.15, -0.1) is 0 Å². The average Bonchev–Trinajstić information content (AvgIpc) is 2.75. The summed E-state index contributed by atoms with van der Waals surface area (Å²) in [5.74, 6) is 0. The Kier molecular flexibility index (Phi) is 20.3. The number of hydrogen-bond donors (Lipinski definition) is 3. The van der Waals surface area contributed by atoms with Gasteiger partial charge in [0.05, 0.1) is 21.1 Å². The van der Waals surface area contributed by atoms with E-state index in [9.17, 15) is 19.5 Å². The fraction of sp³-hybridized carbons (Fsp3) is 0.862. The molecule has 35 heavy (non-hydrogen) atoms. The number of aliphatic hydroxyl groups is 1. The zero-order valence-corrected chi connectivity index (χ0v) is 24.5. The zero-order chi connectivity index (χ0) is 26.5. The molecule has 5 nitrogen and oxygen atoms in total. The summed E-state index contributed by atoms with van der Waals surface area (Å²) >= 11 is 0. The Morgan fingerprint density at radius 3 is 1.31 bits per heavy atom. The topological polar surface area (TPSA) is 77.8 Å². The van der Waals surface area contributed by atoms with Crippen LogP contribution in [0.5, 0.6) is 0 Å². The molecule has 0 aromatic heterocycles. The van der Waals surface area contributed by atoms with E-state index in [1.165, 1.54) is 96.3 Å². The van der Waals surface area contributed by atoms with Crippen molar-refractivity contribution in [3.8, 4) is 0 Å². The van der Waals surface area contributed by atoms with Gasteiger partial charge in [-0.2, -0.15) is 0 Å². The lowest BCUT2D eigenvalue weighted by atomic mass is 10.1. The summed E-state index contributed by atoms with van der Waals surface area (Å²) in [5.41, 5.74) is 0. The van der Waals surface area contributed by atoms with Gasteiger partial charge >= 0.3 is 7.60 Å². The van der Waals surface area contributed by atoms with Crippen LogP contribution in [0, 0.1) is 0 Å². The van der Waals surface area contributed by atoms with Crippen LogP contribution >= 0.6 is 7.60 Å². The van der Waals surface area contributed by atoms with Gasteiger partial charge in [0.25, 0.3) is 0 Å². The van der Waals surface area contributed by atoms with Crippen molar-refractivity contribution >= 4 is 7.60 Å². The number of nitrogens with zero attached hydrogens (tertiary/aromatic N) is 1. The highest BCUT2D eigenvalue weighted by Crippen LogP contribution is 2.52. The zero-order valence-electron chi connectivity index (χ0n) is 23.6. The van der Waals surface area contributed by atoms with Crippen LogP contribution in [0.2, 0.25) is 0 Å². The van der Waals surface area contributed by atoms with Crippen LogP contribution in [0.15, 0.2) is 24.3 Å². The van der Waals surface area contributed by atoms with E-state index in [4.69, 9.17) is 0 Å². The van der Waals surface area contributed by atoms with Crippen molar-refractivity contribution in [3.63, 3.8) is 0 Å². The van der Waals surface area contributed by atoms with E-state index in [2.05, 4.69) is 25.2 Å². The molecule has 0 spiro atoms. The molecular weight excluding hydrogens is 457 g/mol. The lowest BCUT2D eigenvalue weighted by molar-refractivity contribution is -0.875. The lowest BCUT2D eigenvalue weighted by Crippen LogP contribution is -2.49. The van der Waals surface area contributed by atoms with E-state index >= 15 is 0 Å². The number of unbranched alkanes of at least 4 members (excludes halogenated alkanes) is 15. The van der Waals surface area contributed by atoms with Crippen LogP contribution < -0.4 is 0 Å². The smallest absolute Gasteiger partial charge is 0.362 e. The normalized spacial score (nSPS) is 14.8. The minimum Gasteiger partial charge on any atom is -0.373 e. The van der Waals surface area contributed by atoms with Gasteiger partial charge in [-0.05, 0) is 51.4 Å². The maximum atomic E-state index is 11.8. The van der Waals surface area contributed by atoms with Gasteiger partial charge in [-0.1, -0.05) is 102 Å². The quantitative estimate of drug-likeness (QED) is 0.0524. The molecule has 0 aliphatic carbocycles. The predicted octanol–water partition coefficient (Wildman–Crippen LogP) is 8.10. The van der Waals surface area contributed by atoms with Crippen molar-refractivity contribution in [1.29, 1.82) is 0 Å². The molecule has 0 saturated heterocycles. The lowest BCUT2D eigenvalue weighted by Gasteiger charge is -2.35. The minimum absolute atomic E-state index is 0.0273. The van der Waals surface area contributed by atoms with Crippen molar-refractivity contribution < 1.29 is 23.9 Å². The Morgan fingerprint density at radius 1 is 0.629 bits per heavy atom. The Hall–Kier alpha value is -0.450. The van der Waals surface area contributed by atoms with E-state index in [1.807, 2.05) is 27.2 Å². The van der Waals surface area contributed by atoms with Crippen molar-refractivity contribution in [3.05, 3.63) is 24.3 Å². The van der Waals surface area contributed by atoms with Gasteiger partial charge in [0.2, 0.25) is 5.34 Å². The molecule has 0 radical (unpaired) electrons. The molecular formula is C29H59NO4P+. The fourth-order valence-electron chi connectivity index (χ4n) is 4.49. The van der Waals surface area contributed by atoms with Gasteiger partial charge in [0, 0.05) is 0 Å². The second-order valence-electron chi connectivity index (χ2n) is 11.4. The van der Waals surface area contributed by atoms with Crippen molar-refractivity contribution in [2.24, 2.45) is 0 Å². The number of hydrogen-bond acceptors (Lipinski definition) is 2. The van der Waals surface area contributed by atoms with E-state index < -0.39 is 12.9 Å². The van der Waals surface area contributed by atoms with Gasteiger partial charge in [0.1, 0.15) is 6.54 Å². The first kappa shape index (κ1) is 34.6. The Balaban J connectivity index is 3.61. The minimum atomic E-state index is -4.58. The molecule has 0 rings (SSSR count). The van der Waals surface area contributed by atoms with Gasteiger partial charge in [-0.25, -0.2) is 0 Å². The summed E-state index contributed by atoms with van der Waals surface area (Å²) in [4.78, 5) is 19.2. The van der Waals surface area contributed by atoms with Crippen LogP contribution in [0.4, 0.5) is 0 Å². The van der Waals surface area contributed by atoms with Crippen LogP contribution in [0.3, 0.4) is 0 Å². The molecule has 0 heterocycles. The third-order valence-corrected chi connectivity index (χ3v) is 7.98. The summed E-state index contributed by atoms with van der Waals surface area (Å²) < 4.78 is 12.1. The second kappa shape index (κ2) is 20.6. The van der Waals surface area contributed by atoms with Crippen molar-refractivity contribution in [2.45, 2.75) is 134 Å². The van der Waals surface area contributed by atoms with Crippen LogP contribution in [-0.4, -0.2) is 52.4 Å². The maximum Gasteiger partial charge on any atom is 0.362 e. The van der Waals surface area contributed by atoms with Crippen molar-refractivity contribution in [2.75, 3.05) is 27.7 Å². The molecule has 0 bridgehead atoms. The first-order valence-corrected chi connectivity index (χ1v) is 16.0. The predicted molar refractivity (Wildman–Crippen MR) is 152 cm³/mol. The number of likely N-dealkylation sites (N-methyl/N-ethyl adjacent to an activating group) is 1. The molecule has 0 aliphatic heterocycles. The van der Waals surface area contributed by atoms with Crippen LogP contribution in [0.1, 0.15) is 129 Å². The first-order chi connectivity index (χ1) is 16.5. The molecule has 1 atom stereocenters. The SMILES string of the molecule is CCCCCCCCCCC/C=C\CCCCCCC/C=C\CCC(O)(C[N+](C)(C)C)P(=O)(O)O. The summed E-state index contributed by atoms with van der Waals surface area (Å²) in [6.07, 6.45) is 31.5. The Labute approximate surface area is 217 Å². The Bertz CT molecular complexity index is 594. The molecule has 1 unspecified atom stereocenters. The molecule has 3 N–H and O–H groups in total. The number of allylic oxidation sites excluding steroid dienone is 4. The molecule has 208 valence electrons. The molecule has 0 amide bonds. The standard InChI is InChI=1S/C29H58NO4P/c1-5-6-7-8-9-10-11-12-13-14-15-16-17-18-19-20-21-22-23-24-25-26-27-29(31,35(32,33)34)28-30(2,3)4/h15-16,24-25,31H,5-14,17-23,26-28H2,1-4H3,(H-,32,33,34)/p+1/b16-15-,25-24-. The summed E-state index contributed by atoms with van der Waals surface area (Å²) in [6, 6.07) is 0. The van der Waals surface area contributed by atoms with E-state index in [1.54, 1.807) is 0 Å². The van der Waals surface area contributed by atoms with Crippen LogP contribution in [0.25, 0.3) is 0 Å². The highest BCUT2D eigenvalue weighted by molar-refractivity contribution is 7.53. The maximum absolute atomic E-state index is 11.8. The number of quaternary nitrogens is 1. The summed E-state index contributed by atoms with van der Waals surface area (Å²) in [5, 5.41) is 8.57. The third-order valence-electron chi connectivity index (χ3n) is 6.53. The molecule has 0 aromatic rings. The molecule has 0 aromatic carbocycles. The van der Waals surface area contributed by atoms with E-state index in [-0.39, 0.29) is 13.0 Å². The monoisotopic (exact) mass is 516 g/mol. The van der Waals surface area contributed by atoms with Gasteiger partial charge < -0.3 is 19.4 Å². The molecule has 0 aliphatic rings. The first-order valence-electron chi connectivity index (χ1n) is 14.4. The molecule has 0 fully saturated rings. The summed E-state index contributed by atoms with van der Waals surface area (Å²) in [6.45, 7) is 2.30. The highest BCUT2D eigenvalue weighted by Gasteiger charge is 2.48. The van der Waals surface area contributed by atoms with Gasteiger partial charge in [0.15, 0.2) is 0 Å². The van der Waals surface area contributed by atoms with Crippen LogP contribution in [-0.2, 0) is 4.57 Å². The second-order valence-corrected chi connectivity index (χ2v) is 13.3. The number of rotatable bonds is 24. The van der Waals surface area contributed by atoms with Crippen molar-refractivity contribution in [1.82, 2.24) is 0 Å². The average molecular weight is 517 g/mol. The van der Waals surface area contributed by atoms with E-state index in [0.717, 1.165) is 12.8 Å². The Morgan fingerprint density at radius 2 is 0.971 bits per heavy atom. The highest BCUT2D eigenvalue weighted by atomic mass is 31.2. The fourth-order valence-corrected chi connectivity index (χ4v) is 5.52. The largest absolute Gasteiger partial charge is 0.373 e. The molecule has 6 heteroatoms. The molecule has 0 saturated carbocycles. The third kappa shape index (κ3) is 21.4.